The zero-order valence-corrected chi connectivity index (χ0v) is 12.8. The summed E-state index contributed by atoms with van der Waals surface area (Å²) in [6, 6.07) is 9.49. The van der Waals surface area contributed by atoms with Gasteiger partial charge >= 0.3 is 5.97 Å². The number of carbonyl (C=O) groups is 1. The number of esters is 1. The maximum Gasteiger partial charge on any atom is 0.344 e. The molecule has 1 N–H and O–H groups in total. The molecular formula is C14H14BrN3O2. The van der Waals surface area contributed by atoms with E-state index in [-0.39, 0.29) is 0 Å². The van der Waals surface area contributed by atoms with Crippen LogP contribution in [0.25, 0.3) is 0 Å². The van der Waals surface area contributed by atoms with Crippen molar-refractivity contribution in [1.82, 2.24) is 9.97 Å². The average molecular weight is 336 g/mol. The van der Waals surface area contributed by atoms with Gasteiger partial charge in [-0.2, -0.15) is 0 Å². The summed E-state index contributed by atoms with van der Waals surface area (Å²) in [5, 5.41) is 3.11. The first kappa shape index (κ1) is 14.5. The van der Waals surface area contributed by atoms with Crippen molar-refractivity contribution in [2.75, 3.05) is 11.9 Å². The monoisotopic (exact) mass is 335 g/mol. The number of aromatic nitrogens is 2. The van der Waals surface area contributed by atoms with Gasteiger partial charge in [0.25, 0.3) is 0 Å². The number of ether oxygens (including phenoxy) is 1. The van der Waals surface area contributed by atoms with Gasteiger partial charge < -0.3 is 10.1 Å². The number of halogens is 1. The summed E-state index contributed by atoms with van der Waals surface area (Å²) in [7, 11) is 0. The molecule has 5 nitrogen and oxygen atoms in total. The van der Waals surface area contributed by atoms with E-state index < -0.39 is 5.97 Å². The van der Waals surface area contributed by atoms with E-state index in [1.54, 1.807) is 13.8 Å². The van der Waals surface area contributed by atoms with Crippen LogP contribution in [0, 0.1) is 6.92 Å². The molecule has 0 amide bonds. The Kier molecular flexibility index (Phi) is 4.68. The summed E-state index contributed by atoms with van der Waals surface area (Å²) in [5.74, 6) is 0.523. The van der Waals surface area contributed by atoms with E-state index in [4.69, 9.17) is 4.74 Å². The van der Waals surface area contributed by atoms with Crippen LogP contribution in [0.3, 0.4) is 0 Å². The van der Waals surface area contributed by atoms with Crippen LogP contribution < -0.4 is 5.32 Å². The smallest absolute Gasteiger partial charge is 0.344 e. The van der Waals surface area contributed by atoms with Gasteiger partial charge in [-0.3, -0.25) is 0 Å². The minimum atomic E-state index is -0.460. The van der Waals surface area contributed by atoms with Gasteiger partial charge in [0, 0.05) is 5.69 Å². The van der Waals surface area contributed by atoms with Gasteiger partial charge in [0.2, 0.25) is 0 Å². The summed E-state index contributed by atoms with van der Waals surface area (Å²) in [6.07, 6.45) is 0. The van der Waals surface area contributed by atoms with E-state index in [1.165, 1.54) is 0 Å². The Morgan fingerprint density at radius 2 is 2.00 bits per heavy atom. The number of hydrogen-bond donors (Lipinski definition) is 1. The van der Waals surface area contributed by atoms with Gasteiger partial charge in [-0.1, -0.05) is 18.2 Å². The highest BCUT2D eigenvalue weighted by Gasteiger charge is 2.20. The maximum absolute atomic E-state index is 12.0. The summed E-state index contributed by atoms with van der Waals surface area (Å²) in [4.78, 5) is 20.4. The fourth-order valence-corrected chi connectivity index (χ4v) is 2.28. The molecule has 104 valence electrons. The van der Waals surface area contributed by atoms with Crippen LogP contribution in [-0.4, -0.2) is 22.5 Å². The highest BCUT2D eigenvalue weighted by Crippen LogP contribution is 2.25. The lowest BCUT2D eigenvalue weighted by Crippen LogP contribution is -2.12. The standard InChI is InChI=1S/C14H14BrN3O2/c1-3-20-14(19)11-12(15)16-9(2)17-13(11)18-10-7-5-4-6-8-10/h4-8H,3H2,1-2H3,(H,16,17,18). The molecule has 0 bridgehead atoms. The molecule has 0 saturated heterocycles. The topological polar surface area (TPSA) is 64.1 Å². The third kappa shape index (κ3) is 3.33. The van der Waals surface area contributed by atoms with E-state index >= 15 is 0 Å². The number of nitrogens with one attached hydrogen (secondary N) is 1. The molecule has 2 aromatic rings. The van der Waals surface area contributed by atoms with Crippen molar-refractivity contribution < 1.29 is 9.53 Å². The molecule has 0 fully saturated rings. The Bertz CT molecular complexity index is 617. The number of nitrogens with zero attached hydrogens (tertiary/aromatic N) is 2. The first-order chi connectivity index (χ1) is 9.61. The van der Waals surface area contributed by atoms with Crippen LogP contribution in [-0.2, 0) is 4.74 Å². The fourth-order valence-electron chi connectivity index (χ4n) is 1.67. The molecule has 1 aromatic heterocycles. The fraction of sp³-hybridized carbons (Fsp3) is 0.214. The first-order valence-electron chi connectivity index (χ1n) is 6.15. The molecule has 2 rings (SSSR count). The normalized spacial score (nSPS) is 10.2. The molecule has 20 heavy (non-hydrogen) atoms. The number of carbonyl (C=O) groups excluding carboxylic acids is 1. The highest BCUT2D eigenvalue weighted by molar-refractivity contribution is 9.10. The zero-order chi connectivity index (χ0) is 14.5. The summed E-state index contributed by atoms with van der Waals surface area (Å²) < 4.78 is 5.46. The number of rotatable bonds is 4. The molecular weight excluding hydrogens is 322 g/mol. The number of hydrogen-bond acceptors (Lipinski definition) is 5. The lowest BCUT2D eigenvalue weighted by atomic mass is 10.2. The molecule has 0 radical (unpaired) electrons. The third-order valence-electron chi connectivity index (χ3n) is 2.49. The number of anilines is 2. The lowest BCUT2D eigenvalue weighted by Gasteiger charge is -2.12. The molecule has 0 atom stereocenters. The second kappa shape index (κ2) is 6.47. The summed E-state index contributed by atoms with van der Waals surface area (Å²) >= 11 is 3.29. The van der Waals surface area contributed by atoms with Crippen LogP contribution in [0.15, 0.2) is 34.9 Å². The number of aryl methyl sites for hydroxylation is 1. The van der Waals surface area contributed by atoms with Crippen LogP contribution in [0.5, 0.6) is 0 Å². The number of para-hydroxylation sites is 1. The Labute approximate surface area is 125 Å². The quantitative estimate of drug-likeness (QED) is 0.684. The van der Waals surface area contributed by atoms with Gasteiger partial charge in [0.15, 0.2) is 0 Å². The molecule has 0 aliphatic carbocycles. The third-order valence-corrected chi connectivity index (χ3v) is 3.07. The zero-order valence-electron chi connectivity index (χ0n) is 11.2. The van der Waals surface area contributed by atoms with Crippen molar-refractivity contribution >= 4 is 33.4 Å². The van der Waals surface area contributed by atoms with Gasteiger partial charge in [-0.05, 0) is 41.9 Å². The van der Waals surface area contributed by atoms with Crippen LogP contribution in [0.1, 0.15) is 23.1 Å². The van der Waals surface area contributed by atoms with Crippen LogP contribution in [0.4, 0.5) is 11.5 Å². The van der Waals surface area contributed by atoms with Gasteiger partial charge in [-0.15, -0.1) is 0 Å². The summed E-state index contributed by atoms with van der Waals surface area (Å²) in [5.41, 5.74) is 1.13. The van der Waals surface area contributed by atoms with Crippen molar-refractivity contribution in [3.63, 3.8) is 0 Å². The Balaban J connectivity index is 2.42. The maximum atomic E-state index is 12.0. The van der Waals surface area contributed by atoms with Gasteiger partial charge in [0.1, 0.15) is 21.8 Å². The van der Waals surface area contributed by atoms with Crippen molar-refractivity contribution in [2.45, 2.75) is 13.8 Å². The Morgan fingerprint density at radius 3 is 2.65 bits per heavy atom. The van der Waals surface area contributed by atoms with E-state index in [2.05, 4.69) is 31.2 Å². The Morgan fingerprint density at radius 1 is 1.30 bits per heavy atom. The molecule has 0 aliphatic rings. The molecule has 0 unspecified atom stereocenters. The molecule has 0 saturated carbocycles. The largest absolute Gasteiger partial charge is 0.462 e. The molecule has 6 heteroatoms. The highest BCUT2D eigenvalue weighted by atomic mass is 79.9. The van der Waals surface area contributed by atoms with E-state index in [1.807, 2.05) is 30.3 Å². The molecule has 0 spiro atoms. The minimum absolute atomic E-state index is 0.293. The SMILES string of the molecule is CCOC(=O)c1c(Br)nc(C)nc1Nc1ccccc1. The van der Waals surface area contributed by atoms with Crippen molar-refractivity contribution in [1.29, 1.82) is 0 Å². The molecule has 0 aliphatic heterocycles. The summed E-state index contributed by atoms with van der Waals surface area (Å²) in [6.45, 7) is 3.81. The second-order valence-corrected chi connectivity index (χ2v) is 4.75. The second-order valence-electron chi connectivity index (χ2n) is 4.00. The van der Waals surface area contributed by atoms with Crippen molar-refractivity contribution in [3.8, 4) is 0 Å². The van der Waals surface area contributed by atoms with E-state index in [0.29, 0.717) is 28.4 Å². The molecule has 1 aromatic carbocycles. The number of benzene rings is 1. The van der Waals surface area contributed by atoms with Gasteiger partial charge in [-0.25, -0.2) is 14.8 Å². The predicted molar refractivity (Wildman–Crippen MR) is 80.2 cm³/mol. The van der Waals surface area contributed by atoms with E-state index in [0.717, 1.165) is 5.69 Å². The first-order valence-corrected chi connectivity index (χ1v) is 6.94. The van der Waals surface area contributed by atoms with Crippen LogP contribution >= 0.6 is 15.9 Å². The van der Waals surface area contributed by atoms with Crippen molar-refractivity contribution in [2.24, 2.45) is 0 Å². The van der Waals surface area contributed by atoms with Crippen molar-refractivity contribution in [3.05, 3.63) is 46.3 Å². The average Bonchev–Trinajstić information content (AvgIpc) is 2.39. The molecule has 1 heterocycles. The van der Waals surface area contributed by atoms with Gasteiger partial charge in [0.05, 0.1) is 6.61 Å². The minimum Gasteiger partial charge on any atom is -0.462 e. The lowest BCUT2D eigenvalue weighted by molar-refractivity contribution is 0.0525. The van der Waals surface area contributed by atoms with E-state index in [9.17, 15) is 4.79 Å². The van der Waals surface area contributed by atoms with Crippen LogP contribution in [0.2, 0.25) is 0 Å². The Hall–Kier alpha value is -1.95. The predicted octanol–water partition coefficient (Wildman–Crippen LogP) is 3.47.